The van der Waals surface area contributed by atoms with E-state index in [1.54, 1.807) is 6.20 Å². The number of nitrogens with zero attached hydrogens (tertiary/aromatic N) is 1. The molecule has 0 spiro atoms. The van der Waals surface area contributed by atoms with Crippen molar-refractivity contribution in [1.29, 1.82) is 0 Å². The Morgan fingerprint density at radius 3 is 2.69 bits per heavy atom. The molecule has 1 fully saturated rings. The van der Waals surface area contributed by atoms with Crippen molar-refractivity contribution in [2.45, 2.75) is 45.1 Å². The average Bonchev–Trinajstić information content (AvgIpc) is 2.70. The maximum Gasteiger partial charge on any atom is 0.0649 e. The smallest absolute Gasteiger partial charge is 0.0649 e. The number of aliphatic hydroxyl groups excluding tert-OH is 1. The Balaban J connectivity index is 2.01. The second-order valence-electron chi connectivity index (χ2n) is 5.05. The third-order valence-corrected chi connectivity index (χ3v) is 4.21. The zero-order valence-electron chi connectivity index (χ0n) is 9.62. The fourth-order valence-corrected chi connectivity index (χ4v) is 2.72. The van der Waals surface area contributed by atoms with Crippen LogP contribution in [0.4, 0.5) is 0 Å². The minimum absolute atomic E-state index is 0.106. The van der Waals surface area contributed by atoms with Crippen molar-refractivity contribution in [3.63, 3.8) is 0 Å². The highest BCUT2D eigenvalue weighted by Crippen LogP contribution is 2.41. The van der Waals surface area contributed by atoms with Crippen LogP contribution in [0.25, 0.3) is 0 Å². The molecule has 1 heterocycles. The van der Waals surface area contributed by atoms with Gasteiger partial charge in [-0.1, -0.05) is 19.8 Å². The molecular weight excluding hydrogens is 266 g/mol. The zero-order chi connectivity index (χ0) is 11.6. The number of hydrogen-bond donors (Lipinski definition) is 1. The lowest BCUT2D eigenvalue weighted by molar-refractivity contribution is 0.0416. The number of aliphatic hydroxyl groups is 1. The molecule has 1 aromatic rings. The molecule has 1 atom stereocenters. The fourth-order valence-electron chi connectivity index (χ4n) is 2.49. The van der Waals surface area contributed by atoms with Gasteiger partial charge in [-0.2, -0.15) is 0 Å². The van der Waals surface area contributed by atoms with Gasteiger partial charge in [0.25, 0.3) is 0 Å². The van der Waals surface area contributed by atoms with Crippen LogP contribution in [-0.4, -0.2) is 16.2 Å². The summed E-state index contributed by atoms with van der Waals surface area (Å²) >= 11 is 3.36. The lowest BCUT2D eigenvalue weighted by Gasteiger charge is -2.29. The minimum atomic E-state index is -0.260. The fraction of sp³-hybridized carbons (Fsp3) is 0.615. The molecule has 1 aliphatic carbocycles. The highest BCUT2D eigenvalue weighted by molar-refractivity contribution is 9.10. The van der Waals surface area contributed by atoms with Crippen LogP contribution in [0, 0.1) is 5.41 Å². The Labute approximate surface area is 105 Å². The summed E-state index contributed by atoms with van der Waals surface area (Å²) in [5.41, 5.74) is 1.08. The SMILES string of the molecule is CC1(C(O)Cc2ccc(Br)cn2)CCCC1. The Morgan fingerprint density at radius 1 is 1.44 bits per heavy atom. The molecule has 0 radical (unpaired) electrons. The maximum absolute atomic E-state index is 10.3. The second kappa shape index (κ2) is 4.84. The summed E-state index contributed by atoms with van der Waals surface area (Å²) in [4.78, 5) is 4.31. The van der Waals surface area contributed by atoms with Gasteiger partial charge in [-0.05, 0) is 46.3 Å². The van der Waals surface area contributed by atoms with Crippen LogP contribution < -0.4 is 0 Å². The summed E-state index contributed by atoms with van der Waals surface area (Å²) in [6.07, 6.45) is 6.99. The van der Waals surface area contributed by atoms with E-state index >= 15 is 0 Å². The second-order valence-corrected chi connectivity index (χ2v) is 5.96. The number of hydrogen-bond acceptors (Lipinski definition) is 2. The van der Waals surface area contributed by atoms with Crippen LogP contribution in [-0.2, 0) is 6.42 Å². The van der Waals surface area contributed by atoms with E-state index in [4.69, 9.17) is 0 Å². The molecule has 1 N–H and O–H groups in total. The molecule has 1 aromatic heterocycles. The van der Waals surface area contributed by atoms with Gasteiger partial charge in [-0.25, -0.2) is 0 Å². The number of rotatable bonds is 3. The molecule has 0 aromatic carbocycles. The normalized spacial score (nSPS) is 20.9. The highest BCUT2D eigenvalue weighted by atomic mass is 79.9. The number of pyridine rings is 1. The topological polar surface area (TPSA) is 33.1 Å². The predicted molar refractivity (Wildman–Crippen MR) is 68.2 cm³/mol. The first-order valence-electron chi connectivity index (χ1n) is 5.89. The van der Waals surface area contributed by atoms with Gasteiger partial charge in [0, 0.05) is 22.8 Å². The van der Waals surface area contributed by atoms with E-state index < -0.39 is 0 Å². The lowest BCUT2D eigenvalue weighted by Crippen LogP contribution is -2.31. The maximum atomic E-state index is 10.3. The Hall–Kier alpha value is -0.410. The van der Waals surface area contributed by atoms with Gasteiger partial charge >= 0.3 is 0 Å². The molecule has 2 nitrogen and oxygen atoms in total. The molecule has 1 saturated carbocycles. The van der Waals surface area contributed by atoms with Crippen molar-refractivity contribution < 1.29 is 5.11 Å². The van der Waals surface area contributed by atoms with Gasteiger partial charge in [0.2, 0.25) is 0 Å². The van der Waals surface area contributed by atoms with Crippen LogP contribution in [0.15, 0.2) is 22.8 Å². The summed E-state index contributed by atoms with van der Waals surface area (Å²) in [6, 6.07) is 3.96. The molecular formula is C13H18BrNO. The van der Waals surface area contributed by atoms with E-state index in [9.17, 15) is 5.11 Å². The molecule has 0 bridgehead atoms. The van der Waals surface area contributed by atoms with Crippen molar-refractivity contribution in [3.05, 3.63) is 28.5 Å². The first-order valence-corrected chi connectivity index (χ1v) is 6.68. The van der Waals surface area contributed by atoms with Gasteiger partial charge in [0.05, 0.1) is 6.10 Å². The van der Waals surface area contributed by atoms with Gasteiger partial charge in [0.15, 0.2) is 0 Å². The van der Waals surface area contributed by atoms with Crippen molar-refractivity contribution >= 4 is 15.9 Å². The molecule has 0 aliphatic heterocycles. The molecule has 2 rings (SSSR count). The van der Waals surface area contributed by atoms with Crippen LogP contribution in [0.1, 0.15) is 38.3 Å². The Bertz CT molecular complexity index is 343. The molecule has 16 heavy (non-hydrogen) atoms. The molecule has 3 heteroatoms. The molecule has 0 amide bonds. The predicted octanol–water partition coefficient (Wildman–Crippen LogP) is 3.33. The summed E-state index contributed by atoms with van der Waals surface area (Å²) < 4.78 is 0.984. The summed E-state index contributed by atoms with van der Waals surface area (Å²) in [6.45, 7) is 2.20. The zero-order valence-corrected chi connectivity index (χ0v) is 11.2. The van der Waals surface area contributed by atoms with E-state index in [2.05, 4.69) is 27.8 Å². The molecule has 1 unspecified atom stereocenters. The summed E-state index contributed by atoms with van der Waals surface area (Å²) in [5.74, 6) is 0. The van der Waals surface area contributed by atoms with E-state index in [0.29, 0.717) is 6.42 Å². The van der Waals surface area contributed by atoms with Crippen LogP contribution >= 0.6 is 15.9 Å². The average molecular weight is 284 g/mol. The standard InChI is InChI=1S/C13H18BrNO/c1-13(6-2-3-7-13)12(16)8-11-5-4-10(14)9-15-11/h4-5,9,12,16H,2-3,6-8H2,1H3. The summed E-state index contributed by atoms with van der Waals surface area (Å²) in [5, 5.41) is 10.3. The van der Waals surface area contributed by atoms with Crippen molar-refractivity contribution in [1.82, 2.24) is 4.98 Å². The molecule has 88 valence electrons. The van der Waals surface area contributed by atoms with E-state index in [-0.39, 0.29) is 11.5 Å². The lowest BCUT2D eigenvalue weighted by atomic mass is 9.80. The van der Waals surface area contributed by atoms with Crippen molar-refractivity contribution in [3.8, 4) is 0 Å². The quantitative estimate of drug-likeness (QED) is 0.923. The largest absolute Gasteiger partial charge is 0.392 e. The first-order chi connectivity index (χ1) is 7.60. The van der Waals surface area contributed by atoms with Gasteiger partial charge in [-0.15, -0.1) is 0 Å². The number of aromatic nitrogens is 1. The van der Waals surface area contributed by atoms with Crippen molar-refractivity contribution in [2.75, 3.05) is 0 Å². The third kappa shape index (κ3) is 2.64. The van der Waals surface area contributed by atoms with E-state index in [1.807, 2.05) is 12.1 Å². The van der Waals surface area contributed by atoms with Gasteiger partial charge in [-0.3, -0.25) is 4.98 Å². The Kier molecular flexibility index (Phi) is 3.65. The van der Waals surface area contributed by atoms with Crippen LogP contribution in [0.5, 0.6) is 0 Å². The van der Waals surface area contributed by atoms with Gasteiger partial charge < -0.3 is 5.11 Å². The summed E-state index contributed by atoms with van der Waals surface area (Å²) in [7, 11) is 0. The molecule has 1 aliphatic rings. The number of halogens is 1. The van der Waals surface area contributed by atoms with E-state index in [0.717, 1.165) is 23.0 Å². The molecule has 0 saturated heterocycles. The monoisotopic (exact) mass is 283 g/mol. The third-order valence-electron chi connectivity index (χ3n) is 3.74. The van der Waals surface area contributed by atoms with Crippen LogP contribution in [0.3, 0.4) is 0 Å². The van der Waals surface area contributed by atoms with Gasteiger partial charge in [0.1, 0.15) is 0 Å². The highest BCUT2D eigenvalue weighted by Gasteiger charge is 2.35. The Morgan fingerprint density at radius 2 is 2.12 bits per heavy atom. The first kappa shape index (κ1) is 12.1. The van der Waals surface area contributed by atoms with Crippen molar-refractivity contribution in [2.24, 2.45) is 5.41 Å². The van der Waals surface area contributed by atoms with Crippen LogP contribution in [0.2, 0.25) is 0 Å². The minimum Gasteiger partial charge on any atom is -0.392 e. The van der Waals surface area contributed by atoms with E-state index in [1.165, 1.54) is 12.8 Å².